The van der Waals surface area contributed by atoms with E-state index in [0.717, 1.165) is 12.0 Å². The highest BCUT2D eigenvalue weighted by atomic mass is 16.5. The van der Waals surface area contributed by atoms with Crippen molar-refractivity contribution in [1.29, 1.82) is 0 Å². The van der Waals surface area contributed by atoms with Gasteiger partial charge >= 0.3 is 6.03 Å². The number of benzene rings is 1. The molecular formula is C14H19N3O3. The van der Waals surface area contributed by atoms with Crippen molar-refractivity contribution in [2.24, 2.45) is 5.73 Å². The van der Waals surface area contributed by atoms with Crippen molar-refractivity contribution < 1.29 is 14.3 Å². The Bertz CT molecular complexity index is 504. The minimum absolute atomic E-state index is 0.222. The third kappa shape index (κ3) is 2.97. The highest BCUT2D eigenvalue weighted by Crippen LogP contribution is 2.22. The molecule has 1 fully saturated rings. The van der Waals surface area contributed by atoms with Gasteiger partial charge in [0.05, 0.1) is 5.69 Å². The number of hydrogen-bond donors (Lipinski definition) is 2. The van der Waals surface area contributed by atoms with E-state index < -0.39 is 6.04 Å². The number of carbonyl (C=O) groups is 2. The van der Waals surface area contributed by atoms with Gasteiger partial charge < -0.3 is 15.8 Å². The van der Waals surface area contributed by atoms with Crippen molar-refractivity contribution in [3.05, 3.63) is 29.8 Å². The van der Waals surface area contributed by atoms with Gasteiger partial charge in [-0.05, 0) is 30.5 Å². The maximum absolute atomic E-state index is 12.3. The van der Waals surface area contributed by atoms with E-state index in [9.17, 15) is 9.59 Å². The van der Waals surface area contributed by atoms with E-state index >= 15 is 0 Å². The fourth-order valence-corrected chi connectivity index (χ4v) is 2.23. The Labute approximate surface area is 117 Å². The SMILES string of the molecule is COCCCC1NC(=O)N(c2cccc(CN)c2)C1=O. The van der Waals surface area contributed by atoms with Crippen LogP contribution in [0, 0.1) is 0 Å². The molecule has 3 amide bonds. The number of hydrogen-bond acceptors (Lipinski definition) is 4. The smallest absolute Gasteiger partial charge is 0.329 e. The first-order chi connectivity index (χ1) is 9.67. The minimum atomic E-state index is -0.473. The maximum Gasteiger partial charge on any atom is 0.329 e. The first kappa shape index (κ1) is 14.5. The fraction of sp³-hybridized carbons (Fsp3) is 0.429. The average molecular weight is 277 g/mol. The van der Waals surface area contributed by atoms with Crippen LogP contribution in [0.15, 0.2) is 24.3 Å². The number of imide groups is 1. The van der Waals surface area contributed by atoms with Gasteiger partial charge in [0.1, 0.15) is 6.04 Å². The van der Waals surface area contributed by atoms with Crippen LogP contribution in [-0.4, -0.2) is 31.7 Å². The van der Waals surface area contributed by atoms with Crippen LogP contribution in [0.4, 0.5) is 10.5 Å². The quantitative estimate of drug-likeness (QED) is 0.600. The van der Waals surface area contributed by atoms with Gasteiger partial charge in [0, 0.05) is 20.3 Å². The average Bonchev–Trinajstić information content (AvgIpc) is 2.74. The van der Waals surface area contributed by atoms with Crippen LogP contribution < -0.4 is 16.0 Å². The summed E-state index contributed by atoms with van der Waals surface area (Å²) in [4.78, 5) is 25.4. The molecule has 1 unspecified atom stereocenters. The van der Waals surface area contributed by atoms with E-state index in [1.807, 2.05) is 6.07 Å². The standard InChI is InChI=1S/C14H19N3O3/c1-20-7-3-6-12-13(18)17(14(19)16-12)11-5-2-4-10(8-11)9-15/h2,4-5,8,12H,3,6-7,9,15H2,1H3,(H,16,19). The number of carbonyl (C=O) groups excluding carboxylic acids is 2. The second-order valence-electron chi connectivity index (χ2n) is 4.68. The molecule has 1 saturated heterocycles. The topological polar surface area (TPSA) is 84.7 Å². The normalized spacial score (nSPS) is 18.5. The molecular weight excluding hydrogens is 258 g/mol. The number of rotatable bonds is 6. The molecule has 108 valence electrons. The summed E-state index contributed by atoms with van der Waals surface area (Å²) < 4.78 is 4.95. The molecule has 1 aliphatic rings. The molecule has 3 N–H and O–H groups in total. The lowest BCUT2D eigenvalue weighted by molar-refractivity contribution is -0.118. The second-order valence-corrected chi connectivity index (χ2v) is 4.68. The summed E-state index contributed by atoms with van der Waals surface area (Å²) in [5, 5.41) is 2.70. The van der Waals surface area contributed by atoms with Gasteiger partial charge in [0.25, 0.3) is 5.91 Å². The number of nitrogens with zero attached hydrogens (tertiary/aromatic N) is 1. The molecule has 0 saturated carbocycles. The first-order valence-corrected chi connectivity index (χ1v) is 6.59. The van der Waals surface area contributed by atoms with Crippen LogP contribution >= 0.6 is 0 Å². The van der Waals surface area contributed by atoms with E-state index in [2.05, 4.69) is 5.32 Å². The molecule has 6 heteroatoms. The lowest BCUT2D eigenvalue weighted by Gasteiger charge is -2.14. The summed E-state index contributed by atoms with van der Waals surface area (Å²) >= 11 is 0. The zero-order chi connectivity index (χ0) is 14.5. The minimum Gasteiger partial charge on any atom is -0.385 e. The predicted molar refractivity (Wildman–Crippen MR) is 75.2 cm³/mol. The molecule has 6 nitrogen and oxygen atoms in total. The zero-order valence-corrected chi connectivity index (χ0v) is 11.5. The third-order valence-electron chi connectivity index (χ3n) is 3.27. The predicted octanol–water partition coefficient (Wildman–Crippen LogP) is 0.997. The summed E-state index contributed by atoms with van der Waals surface area (Å²) in [6.07, 6.45) is 1.30. The van der Waals surface area contributed by atoms with Crippen LogP contribution in [0.2, 0.25) is 0 Å². The second kappa shape index (κ2) is 6.49. The van der Waals surface area contributed by atoms with Crippen molar-refractivity contribution in [2.45, 2.75) is 25.4 Å². The highest BCUT2D eigenvalue weighted by molar-refractivity contribution is 6.21. The molecule has 0 bridgehead atoms. The number of anilines is 1. The van der Waals surface area contributed by atoms with E-state index in [0.29, 0.717) is 25.3 Å². The lowest BCUT2D eigenvalue weighted by atomic mass is 10.1. The summed E-state index contributed by atoms with van der Waals surface area (Å²) in [5.74, 6) is -0.222. The van der Waals surface area contributed by atoms with Crippen molar-refractivity contribution >= 4 is 17.6 Å². The van der Waals surface area contributed by atoms with E-state index in [1.54, 1.807) is 25.3 Å². The van der Waals surface area contributed by atoms with E-state index in [-0.39, 0.29) is 11.9 Å². The lowest BCUT2D eigenvalue weighted by Crippen LogP contribution is -2.31. The summed E-state index contributed by atoms with van der Waals surface area (Å²) in [6, 6.07) is 6.28. The molecule has 0 spiro atoms. The molecule has 20 heavy (non-hydrogen) atoms. The number of urea groups is 1. The number of ether oxygens (including phenoxy) is 1. The summed E-state index contributed by atoms with van der Waals surface area (Å²) in [6.45, 7) is 0.942. The molecule has 1 aromatic carbocycles. The Morgan fingerprint density at radius 3 is 2.90 bits per heavy atom. The molecule has 1 aliphatic heterocycles. The molecule has 1 atom stereocenters. The third-order valence-corrected chi connectivity index (χ3v) is 3.27. The Morgan fingerprint density at radius 2 is 2.20 bits per heavy atom. The van der Waals surface area contributed by atoms with Crippen molar-refractivity contribution in [1.82, 2.24) is 5.32 Å². The van der Waals surface area contributed by atoms with Crippen molar-refractivity contribution in [3.63, 3.8) is 0 Å². The molecule has 0 aromatic heterocycles. The van der Waals surface area contributed by atoms with Crippen LogP contribution in [0.1, 0.15) is 18.4 Å². The Morgan fingerprint density at radius 1 is 1.40 bits per heavy atom. The monoisotopic (exact) mass is 277 g/mol. The first-order valence-electron chi connectivity index (χ1n) is 6.59. The molecule has 2 rings (SSSR count). The number of nitrogens with two attached hydrogens (primary N) is 1. The highest BCUT2D eigenvalue weighted by Gasteiger charge is 2.38. The number of amides is 3. The van der Waals surface area contributed by atoms with Crippen molar-refractivity contribution in [2.75, 3.05) is 18.6 Å². The van der Waals surface area contributed by atoms with Gasteiger partial charge in [-0.3, -0.25) is 4.79 Å². The summed E-state index contributed by atoms with van der Waals surface area (Å²) in [7, 11) is 1.61. The van der Waals surface area contributed by atoms with Gasteiger partial charge in [-0.15, -0.1) is 0 Å². The van der Waals surface area contributed by atoms with Crippen LogP contribution in [0.3, 0.4) is 0 Å². The van der Waals surface area contributed by atoms with E-state index in [4.69, 9.17) is 10.5 Å². The Balaban J connectivity index is 2.11. The van der Waals surface area contributed by atoms with Gasteiger partial charge in [0.15, 0.2) is 0 Å². The summed E-state index contributed by atoms with van der Waals surface area (Å²) in [5.41, 5.74) is 7.02. The van der Waals surface area contributed by atoms with E-state index in [1.165, 1.54) is 4.90 Å². The zero-order valence-electron chi connectivity index (χ0n) is 11.5. The van der Waals surface area contributed by atoms with Gasteiger partial charge in [-0.1, -0.05) is 12.1 Å². The molecule has 0 aliphatic carbocycles. The Kier molecular flexibility index (Phi) is 4.70. The van der Waals surface area contributed by atoms with Crippen LogP contribution in [0.5, 0.6) is 0 Å². The number of nitrogens with one attached hydrogen (secondary N) is 1. The molecule has 0 radical (unpaired) electrons. The van der Waals surface area contributed by atoms with Crippen molar-refractivity contribution in [3.8, 4) is 0 Å². The Hall–Kier alpha value is -1.92. The molecule has 1 heterocycles. The van der Waals surface area contributed by atoms with Crippen LogP contribution in [-0.2, 0) is 16.1 Å². The van der Waals surface area contributed by atoms with Gasteiger partial charge in [-0.25, -0.2) is 9.69 Å². The largest absolute Gasteiger partial charge is 0.385 e. The maximum atomic E-state index is 12.3. The fourth-order valence-electron chi connectivity index (χ4n) is 2.23. The van der Waals surface area contributed by atoms with Crippen LogP contribution in [0.25, 0.3) is 0 Å². The number of methoxy groups -OCH3 is 1. The molecule has 1 aromatic rings. The van der Waals surface area contributed by atoms with Gasteiger partial charge in [0.2, 0.25) is 0 Å². The van der Waals surface area contributed by atoms with Gasteiger partial charge in [-0.2, -0.15) is 0 Å².